The fraction of sp³-hybridized carbons (Fsp3) is 0.647. The Morgan fingerprint density at radius 1 is 1.25 bits per heavy atom. The molecule has 2 aliphatic rings. The number of ether oxygens (including phenoxy) is 2. The first-order chi connectivity index (χ1) is 9.77. The molecule has 2 bridgehead atoms. The molecule has 0 radical (unpaired) electrons. The Hall–Kier alpha value is -0.890. The molecule has 3 rings (SSSR count). The van der Waals surface area contributed by atoms with Crippen LogP contribution in [0.5, 0.6) is 11.5 Å². The number of alkyl halides is 1. The molecular formula is C17H23ClO2. The Bertz CT molecular complexity index is 462. The minimum absolute atomic E-state index is 0.326. The molecule has 1 aromatic carbocycles. The van der Waals surface area contributed by atoms with Gasteiger partial charge < -0.3 is 9.47 Å². The highest BCUT2D eigenvalue weighted by atomic mass is 35.5. The number of benzene rings is 1. The largest absolute Gasteiger partial charge is 0.493 e. The highest BCUT2D eigenvalue weighted by molar-refractivity contribution is 6.18. The molecule has 0 N–H and O–H groups in total. The molecule has 20 heavy (non-hydrogen) atoms. The summed E-state index contributed by atoms with van der Waals surface area (Å²) in [6, 6.07) is 7.84. The lowest BCUT2D eigenvalue weighted by atomic mass is 9.72. The summed E-state index contributed by atoms with van der Waals surface area (Å²) < 4.78 is 11.3. The summed E-state index contributed by atoms with van der Waals surface area (Å²) in [6.07, 6.45) is 6.54. The number of fused-ring (bicyclic) bond motifs is 2. The van der Waals surface area contributed by atoms with E-state index in [1.165, 1.54) is 25.7 Å². The van der Waals surface area contributed by atoms with Crippen LogP contribution in [0.1, 0.15) is 32.1 Å². The number of methoxy groups -OCH3 is 1. The zero-order valence-electron chi connectivity index (χ0n) is 12.1. The minimum Gasteiger partial charge on any atom is -0.493 e. The lowest BCUT2D eigenvalue weighted by molar-refractivity contribution is 0.140. The van der Waals surface area contributed by atoms with E-state index in [1.54, 1.807) is 7.11 Å². The van der Waals surface area contributed by atoms with Crippen LogP contribution in [0.3, 0.4) is 0 Å². The van der Waals surface area contributed by atoms with Crippen molar-refractivity contribution in [2.45, 2.75) is 32.1 Å². The molecule has 110 valence electrons. The third-order valence-corrected chi connectivity index (χ3v) is 5.83. The molecule has 1 aromatic rings. The molecule has 2 aliphatic carbocycles. The predicted molar refractivity (Wildman–Crippen MR) is 81.7 cm³/mol. The Morgan fingerprint density at radius 2 is 2.05 bits per heavy atom. The number of hydrogen-bond donors (Lipinski definition) is 0. The first-order valence-corrected chi connectivity index (χ1v) is 8.12. The zero-order valence-corrected chi connectivity index (χ0v) is 12.9. The summed E-state index contributed by atoms with van der Waals surface area (Å²) in [6.45, 7) is 0.732. The minimum atomic E-state index is 0.326. The summed E-state index contributed by atoms with van der Waals surface area (Å²) >= 11 is 6.32. The fourth-order valence-corrected chi connectivity index (χ4v) is 4.66. The molecule has 0 aliphatic heterocycles. The van der Waals surface area contributed by atoms with E-state index in [9.17, 15) is 0 Å². The lowest BCUT2D eigenvalue weighted by Gasteiger charge is -2.36. The fourth-order valence-electron chi connectivity index (χ4n) is 4.20. The number of rotatable bonds is 6. The molecule has 3 atom stereocenters. The molecule has 0 saturated heterocycles. The lowest BCUT2D eigenvalue weighted by Crippen LogP contribution is -2.31. The summed E-state index contributed by atoms with van der Waals surface area (Å²) in [5.41, 5.74) is 0.326. The smallest absolute Gasteiger partial charge is 0.161 e. The zero-order chi connectivity index (χ0) is 14.0. The van der Waals surface area contributed by atoms with Crippen LogP contribution in [0.15, 0.2) is 24.3 Å². The van der Waals surface area contributed by atoms with Crippen molar-refractivity contribution >= 4 is 11.6 Å². The third kappa shape index (κ3) is 2.50. The van der Waals surface area contributed by atoms with Gasteiger partial charge in [0.05, 0.1) is 13.7 Å². The SMILES string of the molecule is COc1ccccc1OCCC1(CCl)CC2CCC1C2. The van der Waals surface area contributed by atoms with Crippen LogP contribution in [0, 0.1) is 17.3 Å². The van der Waals surface area contributed by atoms with Crippen molar-refractivity contribution in [2.24, 2.45) is 17.3 Å². The molecule has 0 heterocycles. The third-order valence-electron chi connectivity index (χ3n) is 5.30. The summed E-state index contributed by atoms with van der Waals surface area (Å²) in [7, 11) is 1.68. The monoisotopic (exact) mass is 294 g/mol. The number of para-hydroxylation sites is 2. The van der Waals surface area contributed by atoms with Crippen molar-refractivity contribution in [1.29, 1.82) is 0 Å². The van der Waals surface area contributed by atoms with E-state index >= 15 is 0 Å². The molecule has 3 heteroatoms. The van der Waals surface area contributed by atoms with Gasteiger partial charge in [0.25, 0.3) is 0 Å². The standard InChI is InChI=1S/C17H23ClO2/c1-19-15-4-2-3-5-16(15)20-9-8-17(12-18)11-13-6-7-14(17)10-13/h2-5,13-14H,6-12H2,1H3. The van der Waals surface area contributed by atoms with Gasteiger partial charge >= 0.3 is 0 Å². The first kappa shape index (κ1) is 14.1. The van der Waals surface area contributed by atoms with Gasteiger partial charge in [-0.1, -0.05) is 18.6 Å². The molecule has 2 nitrogen and oxygen atoms in total. The number of hydrogen-bond acceptors (Lipinski definition) is 2. The van der Waals surface area contributed by atoms with Gasteiger partial charge in [-0.05, 0) is 55.1 Å². The summed E-state index contributed by atoms with van der Waals surface area (Å²) in [4.78, 5) is 0. The van der Waals surface area contributed by atoms with Gasteiger partial charge in [-0.25, -0.2) is 0 Å². The van der Waals surface area contributed by atoms with Gasteiger partial charge in [-0.15, -0.1) is 11.6 Å². The van der Waals surface area contributed by atoms with Crippen LogP contribution < -0.4 is 9.47 Å². The predicted octanol–water partition coefficient (Wildman–Crippen LogP) is 4.51. The second-order valence-corrected chi connectivity index (χ2v) is 6.59. The van der Waals surface area contributed by atoms with E-state index in [4.69, 9.17) is 21.1 Å². The van der Waals surface area contributed by atoms with Crippen molar-refractivity contribution in [3.63, 3.8) is 0 Å². The average molecular weight is 295 g/mol. The highest BCUT2D eigenvalue weighted by Gasteiger charge is 2.49. The Labute approximate surface area is 126 Å². The van der Waals surface area contributed by atoms with E-state index in [1.807, 2.05) is 24.3 Å². The molecule has 2 fully saturated rings. The molecule has 2 saturated carbocycles. The normalized spacial score (nSPS) is 31.5. The number of halogens is 1. The van der Waals surface area contributed by atoms with Crippen LogP contribution in [-0.2, 0) is 0 Å². The van der Waals surface area contributed by atoms with Crippen molar-refractivity contribution in [3.05, 3.63) is 24.3 Å². The van der Waals surface area contributed by atoms with Gasteiger partial charge in [0.2, 0.25) is 0 Å². The average Bonchev–Trinajstić information content (AvgIpc) is 3.09. The maximum Gasteiger partial charge on any atom is 0.161 e. The Morgan fingerprint density at radius 3 is 2.65 bits per heavy atom. The van der Waals surface area contributed by atoms with Gasteiger partial charge in [0, 0.05) is 5.88 Å². The van der Waals surface area contributed by atoms with Crippen LogP contribution >= 0.6 is 11.6 Å². The maximum absolute atomic E-state index is 6.32. The van der Waals surface area contributed by atoms with Gasteiger partial charge in [-0.3, -0.25) is 0 Å². The maximum atomic E-state index is 6.32. The topological polar surface area (TPSA) is 18.5 Å². The summed E-state index contributed by atoms with van der Waals surface area (Å²) in [5, 5.41) is 0. The summed E-state index contributed by atoms with van der Waals surface area (Å²) in [5.74, 6) is 4.17. The van der Waals surface area contributed by atoms with Crippen molar-refractivity contribution in [3.8, 4) is 11.5 Å². The molecule has 0 amide bonds. The second kappa shape index (κ2) is 5.85. The van der Waals surface area contributed by atoms with Crippen LogP contribution in [0.25, 0.3) is 0 Å². The highest BCUT2D eigenvalue weighted by Crippen LogP contribution is 2.58. The van der Waals surface area contributed by atoms with E-state index in [0.29, 0.717) is 5.41 Å². The molecule has 3 unspecified atom stereocenters. The van der Waals surface area contributed by atoms with Gasteiger partial charge in [-0.2, -0.15) is 0 Å². The van der Waals surface area contributed by atoms with Crippen molar-refractivity contribution in [2.75, 3.05) is 19.6 Å². The van der Waals surface area contributed by atoms with E-state index in [-0.39, 0.29) is 0 Å². The Kier molecular flexibility index (Phi) is 4.11. The molecule has 0 spiro atoms. The first-order valence-electron chi connectivity index (χ1n) is 7.59. The van der Waals surface area contributed by atoms with Crippen molar-refractivity contribution < 1.29 is 9.47 Å². The van der Waals surface area contributed by atoms with Crippen LogP contribution in [0.4, 0.5) is 0 Å². The molecule has 0 aromatic heterocycles. The molecular weight excluding hydrogens is 272 g/mol. The van der Waals surface area contributed by atoms with Crippen LogP contribution in [0.2, 0.25) is 0 Å². The van der Waals surface area contributed by atoms with Gasteiger partial charge in [0.1, 0.15) is 0 Å². The Balaban J connectivity index is 1.59. The van der Waals surface area contributed by atoms with E-state index in [0.717, 1.165) is 42.2 Å². The van der Waals surface area contributed by atoms with E-state index in [2.05, 4.69) is 0 Å². The van der Waals surface area contributed by atoms with E-state index < -0.39 is 0 Å². The van der Waals surface area contributed by atoms with Crippen LogP contribution in [-0.4, -0.2) is 19.6 Å². The second-order valence-electron chi connectivity index (χ2n) is 6.33. The quantitative estimate of drug-likeness (QED) is 0.719. The van der Waals surface area contributed by atoms with Crippen molar-refractivity contribution in [1.82, 2.24) is 0 Å². The van der Waals surface area contributed by atoms with Gasteiger partial charge in [0.15, 0.2) is 11.5 Å².